The standard InChI is InChI=1S/C58H62Br2N2O4/c1-5-9-17-41(7-3)37-65-55-35-46(24-26-48-28-30-50-52(60)32-34-54(58(50)62-48)64-40-44-21-15-12-16-22-44)56(66-38-42(8-4)18-10-6-2)36-45(55)23-25-47-27-29-49-51(59)31-33-53(57(49)61-47)63-39-43-19-13-11-14-20-43/h11-16,19-36,41-42H,5-10,17-18,37-40H2,1-4H3/b25-23+,26-24+. The average molecular weight is 1010 g/mol. The minimum absolute atomic E-state index is 0.454. The topological polar surface area (TPSA) is 62.7 Å². The molecule has 0 spiro atoms. The molecule has 0 amide bonds. The lowest BCUT2D eigenvalue weighted by Gasteiger charge is -2.20. The normalized spacial score (nSPS) is 12.6. The van der Waals surface area contributed by atoms with Gasteiger partial charge in [0.25, 0.3) is 0 Å². The van der Waals surface area contributed by atoms with E-state index in [0.29, 0.717) is 38.3 Å². The van der Waals surface area contributed by atoms with Crippen molar-refractivity contribution in [2.75, 3.05) is 13.2 Å². The van der Waals surface area contributed by atoms with Crippen molar-refractivity contribution in [3.63, 3.8) is 0 Å². The second kappa shape index (κ2) is 24.9. The fourth-order valence-corrected chi connectivity index (χ4v) is 8.80. The van der Waals surface area contributed by atoms with Crippen LogP contribution in [0.5, 0.6) is 23.0 Å². The Bertz CT molecular complexity index is 2520. The Kier molecular flexibility index (Phi) is 18.3. The molecule has 2 atom stereocenters. The van der Waals surface area contributed by atoms with Gasteiger partial charge in [-0.3, -0.25) is 0 Å². The summed E-state index contributed by atoms with van der Waals surface area (Å²) in [5, 5.41) is 1.98. The highest BCUT2D eigenvalue weighted by atomic mass is 79.9. The zero-order chi connectivity index (χ0) is 46.1. The van der Waals surface area contributed by atoms with Gasteiger partial charge in [-0.15, -0.1) is 0 Å². The predicted molar refractivity (Wildman–Crippen MR) is 282 cm³/mol. The number of fused-ring (bicyclic) bond motifs is 2. The summed E-state index contributed by atoms with van der Waals surface area (Å²) >= 11 is 7.49. The second-order valence-corrected chi connectivity index (χ2v) is 18.7. The number of benzene rings is 5. The highest BCUT2D eigenvalue weighted by Gasteiger charge is 2.16. The highest BCUT2D eigenvalue weighted by Crippen LogP contribution is 2.36. The van der Waals surface area contributed by atoms with Crippen LogP contribution in [-0.4, -0.2) is 23.2 Å². The first-order valence-electron chi connectivity index (χ1n) is 23.7. The molecule has 8 heteroatoms. The van der Waals surface area contributed by atoms with Gasteiger partial charge in [0.15, 0.2) is 0 Å². The van der Waals surface area contributed by atoms with Gasteiger partial charge in [0.2, 0.25) is 0 Å². The number of unbranched alkanes of at least 4 members (excludes halogenated alkanes) is 2. The van der Waals surface area contributed by atoms with E-state index < -0.39 is 0 Å². The maximum Gasteiger partial charge on any atom is 0.146 e. The molecule has 66 heavy (non-hydrogen) atoms. The van der Waals surface area contributed by atoms with Gasteiger partial charge in [-0.05, 0) is 121 Å². The van der Waals surface area contributed by atoms with Gasteiger partial charge in [0.1, 0.15) is 47.2 Å². The summed E-state index contributed by atoms with van der Waals surface area (Å²) in [6.07, 6.45) is 17.4. The number of nitrogens with zero attached hydrogens (tertiary/aromatic N) is 2. The first-order chi connectivity index (χ1) is 32.3. The molecular formula is C58H62Br2N2O4. The fourth-order valence-electron chi connectivity index (χ4n) is 7.90. The fraction of sp³-hybridized carbons (Fsp3) is 0.310. The van der Waals surface area contributed by atoms with Crippen molar-refractivity contribution in [3.05, 3.63) is 164 Å². The smallest absolute Gasteiger partial charge is 0.146 e. The van der Waals surface area contributed by atoms with E-state index in [2.05, 4.69) is 132 Å². The third kappa shape index (κ3) is 13.3. The molecule has 0 aliphatic rings. The Labute approximate surface area is 408 Å². The van der Waals surface area contributed by atoms with Crippen LogP contribution in [0.1, 0.15) is 113 Å². The van der Waals surface area contributed by atoms with Crippen LogP contribution in [0.25, 0.3) is 46.1 Å². The van der Waals surface area contributed by atoms with E-state index in [-0.39, 0.29) is 0 Å². The van der Waals surface area contributed by atoms with Gasteiger partial charge in [-0.25, -0.2) is 9.97 Å². The number of rotatable bonds is 24. The summed E-state index contributed by atoms with van der Waals surface area (Å²) in [7, 11) is 0. The molecule has 7 aromatic rings. The predicted octanol–water partition coefficient (Wildman–Crippen LogP) is 17.0. The Morgan fingerprint density at radius 1 is 0.470 bits per heavy atom. The second-order valence-electron chi connectivity index (χ2n) is 17.0. The molecule has 342 valence electrons. The molecule has 0 fully saturated rings. The first kappa shape index (κ1) is 48.5. The zero-order valence-electron chi connectivity index (χ0n) is 38.8. The Balaban J connectivity index is 1.26. The molecule has 6 nitrogen and oxygen atoms in total. The van der Waals surface area contributed by atoms with Gasteiger partial charge in [0.05, 0.1) is 24.6 Å². The first-order valence-corrected chi connectivity index (χ1v) is 25.3. The minimum atomic E-state index is 0.454. The molecule has 0 aliphatic heterocycles. The molecule has 0 saturated heterocycles. The lowest BCUT2D eigenvalue weighted by atomic mass is 10.00. The molecule has 0 aliphatic carbocycles. The van der Waals surface area contributed by atoms with Crippen LogP contribution in [0.4, 0.5) is 0 Å². The summed E-state index contributed by atoms with van der Waals surface area (Å²) in [4.78, 5) is 10.3. The molecule has 0 radical (unpaired) electrons. The Hall–Kier alpha value is -5.44. The maximum atomic E-state index is 6.83. The molecular weight excluding hydrogens is 948 g/mol. The third-order valence-electron chi connectivity index (χ3n) is 12.1. The Morgan fingerprint density at radius 3 is 1.29 bits per heavy atom. The number of pyridine rings is 2. The van der Waals surface area contributed by atoms with Crippen molar-refractivity contribution < 1.29 is 18.9 Å². The number of halogens is 2. The summed E-state index contributed by atoms with van der Waals surface area (Å²) in [5.74, 6) is 3.98. The van der Waals surface area contributed by atoms with Gasteiger partial charge in [0, 0.05) is 30.8 Å². The van der Waals surface area contributed by atoms with Crippen molar-refractivity contribution in [3.8, 4) is 23.0 Å². The molecule has 2 aromatic heterocycles. The minimum Gasteiger partial charge on any atom is -0.493 e. The molecule has 0 N–H and O–H groups in total. The zero-order valence-corrected chi connectivity index (χ0v) is 42.0. The van der Waals surface area contributed by atoms with Crippen molar-refractivity contribution in [1.29, 1.82) is 0 Å². The van der Waals surface area contributed by atoms with Crippen molar-refractivity contribution >= 4 is 78.0 Å². The quantitative estimate of drug-likeness (QED) is 0.0601. The van der Waals surface area contributed by atoms with E-state index in [1.54, 1.807) is 0 Å². The van der Waals surface area contributed by atoms with Crippen LogP contribution >= 0.6 is 31.9 Å². The lowest BCUT2D eigenvalue weighted by molar-refractivity contribution is 0.227. The van der Waals surface area contributed by atoms with Crippen molar-refractivity contribution in [2.24, 2.45) is 11.8 Å². The summed E-state index contributed by atoms with van der Waals surface area (Å²) in [5.41, 5.74) is 7.28. The number of aromatic nitrogens is 2. The molecule has 5 aromatic carbocycles. The van der Waals surface area contributed by atoms with Crippen LogP contribution < -0.4 is 18.9 Å². The SMILES string of the molecule is CCCCC(CC)COc1cc(/C=C/c2ccc3c(Br)ccc(OCc4ccccc4)c3n2)c(OCC(CC)CCCC)cc1/C=C/c1ccc2c(Br)ccc(OCc3ccccc3)c2n1. The van der Waals surface area contributed by atoms with Gasteiger partial charge < -0.3 is 18.9 Å². The lowest BCUT2D eigenvalue weighted by Crippen LogP contribution is -2.13. The maximum absolute atomic E-state index is 6.83. The van der Waals surface area contributed by atoms with E-state index >= 15 is 0 Å². The van der Waals surface area contributed by atoms with Crippen LogP contribution in [0.2, 0.25) is 0 Å². The van der Waals surface area contributed by atoms with Crippen LogP contribution in [0.3, 0.4) is 0 Å². The van der Waals surface area contributed by atoms with E-state index in [9.17, 15) is 0 Å². The van der Waals surface area contributed by atoms with E-state index in [1.807, 2.05) is 72.8 Å². The van der Waals surface area contributed by atoms with E-state index in [0.717, 1.165) is 126 Å². The number of hydrogen-bond donors (Lipinski definition) is 0. The number of ether oxygens (including phenoxy) is 4. The van der Waals surface area contributed by atoms with Gasteiger partial charge in [-0.1, -0.05) is 159 Å². The molecule has 7 rings (SSSR count). The monoisotopic (exact) mass is 1010 g/mol. The average Bonchev–Trinajstić information content (AvgIpc) is 3.35. The molecule has 2 unspecified atom stereocenters. The van der Waals surface area contributed by atoms with Crippen LogP contribution in [0, 0.1) is 11.8 Å². The van der Waals surface area contributed by atoms with E-state index in [1.165, 1.54) is 12.8 Å². The summed E-state index contributed by atoms with van der Waals surface area (Å²) < 4.78 is 28.3. The van der Waals surface area contributed by atoms with Crippen molar-refractivity contribution in [2.45, 2.75) is 92.3 Å². The van der Waals surface area contributed by atoms with Crippen LogP contribution in [0.15, 0.2) is 130 Å². The molecule has 0 bridgehead atoms. The molecule has 2 heterocycles. The summed E-state index contributed by atoms with van der Waals surface area (Å²) in [6.45, 7) is 11.2. The number of hydrogen-bond acceptors (Lipinski definition) is 6. The highest BCUT2D eigenvalue weighted by molar-refractivity contribution is 9.11. The van der Waals surface area contributed by atoms with Gasteiger partial charge >= 0.3 is 0 Å². The summed E-state index contributed by atoms with van der Waals surface area (Å²) in [6, 6.07) is 41.0. The third-order valence-corrected chi connectivity index (χ3v) is 13.5. The Morgan fingerprint density at radius 2 is 0.894 bits per heavy atom. The van der Waals surface area contributed by atoms with Crippen LogP contribution in [-0.2, 0) is 13.2 Å². The largest absolute Gasteiger partial charge is 0.493 e. The van der Waals surface area contributed by atoms with E-state index in [4.69, 9.17) is 28.9 Å². The molecule has 0 saturated carbocycles. The van der Waals surface area contributed by atoms with Crippen molar-refractivity contribution in [1.82, 2.24) is 9.97 Å². The van der Waals surface area contributed by atoms with Gasteiger partial charge in [-0.2, -0.15) is 0 Å².